The van der Waals surface area contributed by atoms with Crippen molar-refractivity contribution in [3.63, 3.8) is 0 Å². The first-order valence-corrected chi connectivity index (χ1v) is 25.9. The number of hydrogen-bond donors (Lipinski definition) is 0. The minimum Gasteiger partial charge on any atom is -0.438 e. The number of nitrogens with zero attached hydrogens (tertiary/aromatic N) is 2. The van der Waals surface area contributed by atoms with Crippen LogP contribution in [0.25, 0.3) is 152 Å². The van der Waals surface area contributed by atoms with Crippen LogP contribution in [0.15, 0.2) is 259 Å². The van der Waals surface area contributed by atoms with Crippen molar-refractivity contribution in [2.24, 2.45) is 0 Å². The van der Waals surface area contributed by atoms with Gasteiger partial charge in [0, 0.05) is 44.2 Å². The maximum atomic E-state index is 5.93. The van der Waals surface area contributed by atoms with Crippen molar-refractivity contribution >= 4 is 118 Å². The summed E-state index contributed by atoms with van der Waals surface area (Å²) in [6.45, 7) is 0. The van der Waals surface area contributed by atoms with Gasteiger partial charge in [-0.3, -0.25) is 4.98 Å². The molecule has 74 heavy (non-hydrogen) atoms. The monoisotopic (exact) mass is 958 g/mol. The fraction of sp³-hybridized carbons (Fsp3) is 0. The van der Waals surface area contributed by atoms with Crippen LogP contribution in [0.4, 0.5) is 0 Å². The zero-order valence-corrected chi connectivity index (χ0v) is 40.8. The van der Waals surface area contributed by atoms with Crippen molar-refractivity contribution in [1.29, 1.82) is 0 Å². The quantitative estimate of drug-likeness (QED) is 0.165. The van der Waals surface area contributed by atoms with Crippen LogP contribution in [0.1, 0.15) is 0 Å². The standard InChI is InChI=1S/C35H21NO.C35H21NS/c1-2-11-28-26(9-1)27-10-3-4-12-29(27)32-20-24(14-16-30(28)32)22-7-5-8-23(19-22)25-15-17-34-33(21-25)31-13-6-18-36-35(31)37-34;1-2-12-27-25(10-1)26-11-3-4-13-28(26)31-19-23(16-17-29(27)31)22-8-7-9-24(18-22)33-20-32-30-14-5-6-15-34(30)37-35(32)21-36-33/h2*1-21H. The highest BCUT2D eigenvalue weighted by Gasteiger charge is 2.15. The number of aromatic nitrogens is 2. The van der Waals surface area contributed by atoms with Gasteiger partial charge in [-0.1, -0.05) is 182 Å². The largest absolute Gasteiger partial charge is 0.438 e. The summed E-state index contributed by atoms with van der Waals surface area (Å²) in [4.78, 5) is 9.22. The van der Waals surface area contributed by atoms with E-state index in [4.69, 9.17) is 9.40 Å². The Morgan fingerprint density at radius 2 is 0.676 bits per heavy atom. The molecule has 0 unspecified atom stereocenters. The lowest BCUT2D eigenvalue weighted by Gasteiger charge is -2.12. The molecule has 4 heteroatoms. The second kappa shape index (κ2) is 17.1. The Morgan fingerprint density at radius 3 is 1.23 bits per heavy atom. The molecule has 0 N–H and O–H groups in total. The molecule has 0 fully saturated rings. The van der Waals surface area contributed by atoms with Crippen LogP contribution in [-0.4, -0.2) is 9.97 Å². The van der Waals surface area contributed by atoms with Gasteiger partial charge in [-0.2, -0.15) is 0 Å². The fourth-order valence-corrected chi connectivity index (χ4v) is 12.5. The smallest absolute Gasteiger partial charge is 0.227 e. The molecular weight excluding hydrogens is 917 g/mol. The normalized spacial score (nSPS) is 11.8. The molecule has 12 aromatic carbocycles. The number of fused-ring (bicyclic) bond motifs is 18. The molecule has 0 atom stereocenters. The van der Waals surface area contributed by atoms with Crippen LogP contribution in [-0.2, 0) is 0 Å². The number of furan rings is 1. The van der Waals surface area contributed by atoms with E-state index >= 15 is 0 Å². The van der Waals surface area contributed by atoms with Crippen molar-refractivity contribution in [2.45, 2.75) is 0 Å². The molecule has 0 radical (unpaired) electrons. The van der Waals surface area contributed by atoms with Gasteiger partial charge in [0.25, 0.3) is 0 Å². The molecular formula is C70H42N2OS. The van der Waals surface area contributed by atoms with Gasteiger partial charge >= 0.3 is 0 Å². The summed E-state index contributed by atoms with van der Waals surface area (Å²) >= 11 is 1.81. The molecule has 4 aromatic heterocycles. The maximum absolute atomic E-state index is 5.93. The van der Waals surface area contributed by atoms with Crippen molar-refractivity contribution in [3.8, 4) is 44.6 Å². The molecule has 0 spiro atoms. The third kappa shape index (κ3) is 6.95. The fourth-order valence-electron chi connectivity index (χ4n) is 11.5. The molecule has 0 aliphatic rings. The first kappa shape index (κ1) is 42.2. The first-order valence-electron chi connectivity index (χ1n) is 25.1. The van der Waals surface area contributed by atoms with Gasteiger partial charge in [-0.05, 0) is 159 Å². The zero-order valence-electron chi connectivity index (χ0n) is 40.0. The van der Waals surface area contributed by atoms with E-state index in [1.54, 1.807) is 17.5 Å². The van der Waals surface area contributed by atoms with E-state index in [0.29, 0.717) is 5.71 Å². The SMILES string of the molecule is c1cc(-c2ccc3c4ccccc4c4ccccc4c3c2)cc(-c2cc3c(cn2)sc2ccccc23)c1.c1cc(-c2ccc3oc4ncccc4c3c2)cc(-c2ccc3c4ccccc4c4ccccc4c3c2)c1. The average Bonchev–Trinajstić information content (AvgIpc) is 4.05. The second-order valence-corrected chi connectivity index (χ2v) is 20.3. The van der Waals surface area contributed by atoms with Crippen molar-refractivity contribution in [1.82, 2.24) is 9.97 Å². The van der Waals surface area contributed by atoms with Crippen LogP contribution in [0.5, 0.6) is 0 Å². The van der Waals surface area contributed by atoms with Gasteiger partial charge in [-0.25, -0.2) is 4.98 Å². The topological polar surface area (TPSA) is 38.9 Å². The number of rotatable bonds is 4. The van der Waals surface area contributed by atoms with E-state index < -0.39 is 0 Å². The lowest BCUT2D eigenvalue weighted by molar-refractivity contribution is 0.654. The molecule has 344 valence electrons. The minimum absolute atomic E-state index is 0.680. The van der Waals surface area contributed by atoms with Gasteiger partial charge in [0.1, 0.15) is 5.58 Å². The second-order valence-electron chi connectivity index (χ2n) is 19.2. The van der Waals surface area contributed by atoms with Crippen LogP contribution < -0.4 is 0 Å². The van der Waals surface area contributed by atoms with Crippen LogP contribution >= 0.6 is 11.3 Å². The number of benzene rings is 12. The van der Waals surface area contributed by atoms with Gasteiger partial charge in [0.15, 0.2) is 0 Å². The number of hydrogen-bond acceptors (Lipinski definition) is 4. The van der Waals surface area contributed by atoms with E-state index in [2.05, 4.69) is 236 Å². The predicted molar refractivity (Wildman–Crippen MR) is 315 cm³/mol. The zero-order chi connectivity index (χ0) is 48.7. The Bertz CT molecular complexity index is 4550. The highest BCUT2D eigenvalue weighted by Crippen LogP contribution is 2.41. The van der Waals surface area contributed by atoms with E-state index in [0.717, 1.165) is 33.2 Å². The van der Waals surface area contributed by atoms with Crippen molar-refractivity contribution in [3.05, 3.63) is 255 Å². The van der Waals surface area contributed by atoms with Crippen LogP contribution in [0.3, 0.4) is 0 Å². The molecule has 0 amide bonds. The molecule has 0 saturated carbocycles. The Morgan fingerprint density at radius 1 is 0.257 bits per heavy atom. The minimum atomic E-state index is 0.680. The molecule has 16 aromatic rings. The van der Waals surface area contributed by atoms with Gasteiger partial charge in [0.05, 0.1) is 10.4 Å². The molecule has 3 nitrogen and oxygen atoms in total. The summed E-state index contributed by atoms with van der Waals surface area (Å²) in [5.41, 5.74) is 10.9. The predicted octanol–water partition coefficient (Wildman–Crippen LogP) is 20.0. The summed E-state index contributed by atoms with van der Waals surface area (Å²) in [5.74, 6) is 0. The van der Waals surface area contributed by atoms with E-state index in [-0.39, 0.29) is 0 Å². The first-order chi connectivity index (χ1) is 36.7. The lowest BCUT2D eigenvalue weighted by Crippen LogP contribution is -1.86. The molecule has 0 bridgehead atoms. The van der Waals surface area contributed by atoms with Crippen molar-refractivity contribution < 1.29 is 4.42 Å². The molecule has 0 aliphatic carbocycles. The summed E-state index contributed by atoms with van der Waals surface area (Å²) in [6, 6.07) is 87.5. The highest BCUT2D eigenvalue weighted by molar-refractivity contribution is 7.25. The summed E-state index contributed by atoms with van der Waals surface area (Å²) in [5, 5.41) is 20.3. The van der Waals surface area contributed by atoms with Gasteiger partial charge in [-0.15, -0.1) is 11.3 Å². The summed E-state index contributed by atoms with van der Waals surface area (Å²) in [7, 11) is 0. The third-order valence-corrected chi connectivity index (χ3v) is 16.1. The lowest BCUT2D eigenvalue weighted by atomic mass is 9.91. The Kier molecular flexibility index (Phi) is 9.75. The summed E-state index contributed by atoms with van der Waals surface area (Å²) in [6.07, 6.45) is 3.79. The summed E-state index contributed by atoms with van der Waals surface area (Å²) < 4.78 is 8.47. The average molecular weight is 959 g/mol. The third-order valence-electron chi connectivity index (χ3n) is 15.0. The van der Waals surface area contributed by atoms with E-state index in [9.17, 15) is 0 Å². The number of pyridine rings is 2. The maximum Gasteiger partial charge on any atom is 0.227 e. The molecule has 16 rings (SSSR count). The molecule has 4 heterocycles. The van der Waals surface area contributed by atoms with E-state index in [1.807, 2.05) is 18.3 Å². The molecule has 0 saturated heterocycles. The van der Waals surface area contributed by atoms with Crippen LogP contribution in [0.2, 0.25) is 0 Å². The highest BCUT2D eigenvalue weighted by atomic mass is 32.1. The van der Waals surface area contributed by atoms with E-state index in [1.165, 1.54) is 113 Å². The molecule has 0 aliphatic heterocycles. The van der Waals surface area contributed by atoms with Gasteiger partial charge < -0.3 is 4.42 Å². The van der Waals surface area contributed by atoms with Crippen molar-refractivity contribution in [2.75, 3.05) is 0 Å². The van der Waals surface area contributed by atoms with Crippen LogP contribution in [0, 0.1) is 0 Å². The Balaban J connectivity index is 0.000000131. The van der Waals surface area contributed by atoms with Gasteiger partial charge in [0.2, 0.25) is 5.71 Å². The Hall–Kier alpha value is -9.48. The Labute approximate surface area is 429 Å². The number of thiophene rings is 1.